The summed E-state index contributed by atoms with van der Waals surface area (Å²) in [5.41, 5.74) is 8.43. The van der Waals surface area contributed by atoms with Crippen LogP contribution in [0.3, 0.4) is 0 Å². The van der Waals surface area contributed by atoms with E-state index in [0.717, 1.165) is 36.4 Å². The summed E-state index contributed by atoms with van der Waals surface area (Å²) in [5.74, 6) is -0.773. The van der Waals surface area contributed by atoms with Crippen LogP contribution >= 0.6 is 0 Å². The number of carboxylic acids is 1. The first-order chi connectivity index (χ1) is 10.1. The van der Waals surface area contributed by atoms with Crippen molar-refractivity contribution in [2.75, 3.05) is 24.5 Å². The van der Waals surface area contributed by atoms with Crippen LogP contribution < -0.4 is 10.6 Å². The molecule has 2 aromatic heterocycles. The molecule has 0 bridgehead atoms. The molecule has 2 aromatic rings. The fourth-order valence-corrected chi connectivity index (χ4v) is 2.36. The van der Waals surface area contributed by atoms with E-state index in [1.54, 1.807) is 0 Å². The monoisotopic (exact) mass is 290 g/mol. The first kappa shape index (κ1) is 15.3. The summed E-state index contributed by atoms with van der Waals surface area (Å²) in [4.78, 5) is 17.4. The second kappa shape index (κ2) is 7.08. The van der Waals surface area contributed by atoms with Gasteiger partial charge in [0.2, 0.25) is 0 Å². The first-order valence-electron chi connectivity index (χ1n) is 7.28. The average Bonchev–Trinajstić information content (AvgIpc) is 2.85. The topological polar surface area (TPSA) is 83.9 Å². The third kappa shape index (κ3) is 3.95. The predicted octanol–water partition coefficient (Wildman–Crippen LogP) is 1.53. The van der Waals surface area contributed by atoms with Crippen molar-refractivity contribution in [1.29, 1.82) is 0 Å². The largest absolute Gasteiger partial charge is 0.481 e. The Kier molecular flexibility index (Phi) is 5.16. The van der Waals surface area contributed by atoms with Gasteiger partial charge in [0.1, 0.15) is 5.65 Å². The Morgan fingerprint density at radius 1 is 1.38 bits per heavy atom. The van der Waals surface area contributed by atoms with Gasteiger partial charge < -0.3 is 20.1 Å². The van der Waals surface area contributed by atoms with Crippen molar-refractivity contribution in [3.05, 3.63) is 30.2 Å². The number of aromatic nitrogens is 2. The third-order valence-electron chi connectivity index (χ3n) is 3.34. The maximum atomic E-state index is 10.8. The number of aliphatic carboxylic acids is 1. The lowest BCUT2D eigenvalue weighted by molar-refractivity contribution is -0.136. The molecule has 0 amide bonds. The second-order valence-corrected chi connectivity index (χ2v) is 5.05. The summed E-state index contributed by atoms with van der Waals surface area (Å²) in [6, 6.07) is 3.95. The summed E-state index contributed by atoms with van der Waals surface area (Å²) >= 11 is 0. The fraction of sp³-hybridized carbons (Fsp3) is 0.467. The van der Waals surface area contributed by atoms with Crippen LogP contribution in [0.5, 0.6) is 0 Å². The molecular formula is C15H22N4O2. The molecule has 0 saturated carbocycles. The van der Waals surface area contributed by atoms with Crippen LogP contribution in [-0.2, 0) is 11.2 Å². The number of fused-ring (bicyclic) bond motifs is 1. The summed E-state index contributed by atoms with van der Waals surface area (Å²) in [6.45, 7) is 4.02. The first-order valence-corrected chi connectivity index (χ1v) is 7.28. The van der Waals surface area contributed by atoms with Gasteiger partial charge in [-0.1, -0.05) is 6.92 Å². The van der Waals surface area contributed by atoms with Gasteiger partial charge in [-0.25, -0.2) is 4.98 Å². The zero-order chi connectivity index (χ0) is 15.2. The molecule has 0 spiro atoms. The predicted molar refractivity (Wildman–Crippen MR) is 82.7 cm³/mol. The maximum Gasteiger partial charge on any atom is 0.305 e. The lowest BCUT2D eigenvalue weighted by Gasteiger charge is -2.23. The molecule has 0 unspecified atom stereocenters. The van der Waals surface area contributed by atoms with E-state index in [4.69, 9.17) is 10.8 Å². The van der Waals surface area contributed by atoms with E-state index in [1.807, 2.05) is 28.9 Å². The van der Waals surface area contributed by atoms with Gasteiger partial charge in [0, 0.05) is 31.9 Å². The van der Waals surface area contributed by atoms with Gasteiger partial charge in [0.15, 0.2) is 0 Å². The van der Waals surface area contributed by atoms with E-state index in [1.165, 1.54) is 0 Å². The van der Waals surface area contributed by atoms with E-state index in [9.17, 15) is 4.79 Å². The Hall–Kier alpha value is -2.08. The van der Waals surface area contributed by atoms with E-state index in [-0.39, 0.29) is 6.42 Å². The molecule has 6 heteroatoms. The molecule has 0 aliphatic carbocycles. The molecular weight excluding hydrogens is 268 g/mol. The van der Waals surface area contributed by atoms with Crippen molar-refractivity contribution in [3.63, 3.8) is 0 Å². The molecule has 0 saturated heterocycles. The minimum Gasteiger partial charge on any atom is -0.481 e. The molecule has 0 fully saturated rings. The number of nitrogens with two attached hydrogens (primary N) is 1. The molecule has 0 aliphatic heterocycles. The average molecular weight is 290 g/mol. The zero-order valence-electron chi connectivity index (χ0n) is 12.3. The van der Waals surface area contributed by atoms with Gasteiger partial charge >= 0.3 is 5.97 Å². The summed E-state index contributed by atoms with van der Waals surface area (Å²) in [7, 11) is 0. The molecule has 2 rings (SSSR count). The van der Waals surface area contributed by atoms with E-state index in [0.29, 0.717) is 13.1 Å². The van der Waals surface area contributed by atoms with Crippen molar-refractivity contribution in [2.45, 2.75) is 26.2 Å². The standard InChI is InChI=1S/C15H22N4O2/c1-2-8-18(9-6-15(20)21)13-3-4-14-17-12(5-7-16)10-19(14)11-13/h3-4,10-11H,2,5-9,16H2,1H3,(H,20,21). The third-order valence-corrected chi connectivity index (χ3v) is 3.34. The van der Waals surface area contributed by atoms with Crippen LogP contribution in [0.25, 0.3) is 5.65 Å². The number of anilines is 1. The smallest absolute Gasteiger partial charge is 0.305 e. The molecule has 2 heterocycles. The van der Waals surface area contributed by atoms with Crippen LogP contribution in [0.15, 0.2) is 24.5 Å². The van der Waals surface area contributed by atoms with Crippen LogP contribution in [0.1, 0.15) is 25.5 Å². The summed E-state index contributed by atoms with van der Waals surface area (Å²) in [5, 5.41) is 8.86. The van der Waals surface area contributed by atoms with Crippen LogP contribution in [0.2, 0.25) is 0 Å². The van der Waals surface area contributed by atoms with Crippen molar-refractivity contribution >= 4 is 17.3 Å². The normalized spacial score (nSPS) is 11.0. The molecule has 21 heavy (non-hydrogen) atoms. The highest BCUT2D eigenvalue weighted by molar-refractivity contribution is 5.67. The Labute approximate surface area is 124 Å². The van der Waals surface area contributed by atoms with E-state index < -0.39 is 5.97 Å². The Morgan fingerprint density at radius 3 is 2.86 bits per heavy atom. The zero-order valence-corrected chi connectivity index (χ0v) is 12.3. The van der Waals surface area contributed by atoms with Crippen molar-refractivity contribution in [2.24, 2.45) is 5.73 Å². The number of rotatable bonds is 8. The van der Waals surface area contributed by atoms with Gasteiger partial charge in [-0.15, -0.1) is 0 Å². The van der Waals surface area contributed by atoms with Crippen LogP contribution in [0.4, 0.5) is 5.69 Å². The number of hydrogen-bond acceptors (Lipinski definition) is 4. The Morgan fingerprint density at radius 2 is 2.19 bits per heavy atom. The van der Waals surface area contributed by atoms with Gasteiger partial charge in [-0.3, -0.25) is 4.79 Å². The number of carbonyl (C=O) groups is 1. The molecule has 0 radical (unpaired) electrons. The highest BCUT2D eigenvalue weighted by atomic mass is 16.4. The molecule has 0 aliphatic rings. The van der Waals surface area contributed by atoms with E-state index in [2.05, 4.69) is 16.8 Å². The second-order valence-electron chi connectivity index (χ2n) is 5.05. The Balaban J connectivity index is 2.22. The number of pyridine rings is 1. The molecule has 114 valence electrons. The minimum atomic E-state index is -0.773. The van der Waals surface area contributed by atoms with Crippen molar-refractivity contribution in [3.8, 4) is 0 Å². The Bertz CT molecular complexity index is 609. The summed E-state index contributed by atoms with van der Waals surface area (Å²) < 4.78 is 1.98. The minimum absolute atomic E-state index is 0.139. The molecule has 0 atom stereocenters. The number of hydrogen-bond donors (Lipinski definition) is 2. The maximum absolute atomic E-state index is 10.8. The highest BCUT2D eigenvalue weighted by Crippen LogP contribution is 2.17. The van der Waals surface area contributed by atoms with Gasteiger partial charge in [-0.2, -0.15) is 0 Å². The highest BCUT2D eigenvalue weighted by Gasteiger charge is 2.09. The molecule has 3 N–H and O–H groups in total. The van der Waals surface area contributed by atoms with Crippen LogP contribution in [-0.4, -0.2) is 40.1 Å². The van der Waals surface area contributed by atoms with Crippen LogP contribution in [0, 0.1) is 0 Å². The number of imidazole rings is 1. The summed E-state index contributed by atoms with van der Waals surface area (Å²) in [6.07, 6.45) is 5.85. The quantitative estimate of drug-likeness (QED) is 0.770. The lowest BCUT2D eigenvalue weighted by Crippen LogP contribution is -2.27. The van der Waals surface area contributed by atoms with Gasteiger partial charge in [-0.05, 0) is 25.1 Å². The van der Waals surface area contributed by atoms with Crippen molar-refractivity contribution in [1.82, 2.24) is 9.38 Å². The van der Waals surface area contributed by atoms with Gasteiger partial charge in [0.25, 0.3) is 0 Å². The fourth-order valence-electron chi connectivity index (χ4n) is 2.36. The van der Waals surface area contributed by atoms with E-state index >= 15 is 0 Å². The molecule has 0 aromatic carbocycles. The SMILES string of the molecule is CCCN(CCC(=O)O)c1ccc2nc(CCN)cn2c1. The lowest BCUT2D eigenvalue weighted by atomic mass is 10.3. The number of carboxylic acid groups (broad SMARTS) is 1. The molecule has 6 nitrogen and oxygen atoms in total. The van der Waals surface area contributed by atoms with Gasteiger partial charge in [0.05, 0.1) is 17.8 Å². The number of nitrogens with zero attached hydrogens (tertiary/aromatic N) is 3. The van der Waals surface area contributed by atoms with Crippen molar-refractivity contribution < 1.29 is 9.90 Å².